The molecule has 0 saturated carbocycles. The Labute approximate surface area is 110 Å². The van der Waals surface area contributed by atoms with Gasteiger partial charge in [0.2, 0.25) is 0 Å². The molecule has 3 aromatic rings. The number of hydrogen-bond acceptors (Lipinski definition) is 2. The highest BCUT2D eigenvalue weighted by atomic mass is 32.2. The molecule has 1 aliphatic heterocycles. The van der Waals surface area contributed by atoms with Crippen molar-refractivity contribution in [3.05, 3.63) is 60.2 Å². The third-order valence-electron chi connectivity index (χ3n) is 3.39. The average molecular weight is 252 g/mol. The van der Waals surface area contributed by atoms with E-state index in [1.165, 1.54) is 11.1 Å². The van der Waals surface area contributed by atoms with Gasteiger partial charge in [0, 0.05) is 6.54 Å². The minimum absolute atomic E-state index is 0.498. The molecule has 1 atom stereocenters. The summed E-state index contributed by atoms with van der Waals surface area (Å²) in [6.07, 6.45) is 0. The Kier molecular flexibility index (Phi) is 2.20. The maximum Gasteiger partial charge on any atom is 0.169 e. The first-order valence-corrected chi connectivity index (χ1v) is 6.97. The van der Waals surface area contributed by atoms with E-state index in [-0.39, 0.29) is 0 Å². The van der Waals surface area contributed by atoms with Crippen LogP contribution in [-0.4, -0.2) is 9.55 Å². The van der Waals surface area contributed by atoms with Crippen LogP contribution in [0.3, 0.4) is 0 Å². The number of imidazole rings is 1. The van der Waals surface area contributed by atoms with Crippen molar-refractivity contribution < 1.29 is 0 Å². The number of rotatable bonds is 1. The Morgan fingerprint density at radius 2 is 1.78 bits per heavy atom. The first kappa shape index (κ1) is 10.2. The minimum atomic E-state index is 0.498. The summed E-state index contributed by atoms with van der Waals surface area (Å²) in [6.45, 7) is 1.02. The van der Waals surface area contributed by atoms with Gasteiger partial charge in [-0.15, -0.1) is 0 Å². The van der Waals surface area contributed by atoms with Gasteiger partial charge in [0.15, 0.2) is 5.16 Å². The quantitative estimate of drug-likeness (QED) is 0.654. The zero-order valence-electron chi connectivity index (χ0n) is 9.78. The molecule has 4 rings (SSSR count). The average Bonchev–Trinajstić information content (AvgIpc) is 2.97. The summed E-state index contributed by atoms with van der Waals surface area (Å²) in [4.78, 5) is 4.69. The van der Waals surface area contributed by atoms with Gasteiger partial charge < -0.3 is 4.57 Å². The first-order chi connectivity index (χ1) is 8.92. The van der Waals surface area contributed by atoms with E-state index < -0.39 is 0 Å². The predicted molar refractivity (Wildman–Crippen MR) is 74.8 cm³/mol. The smallest absolute Gasteiger partial charge is 0.169 e. The molecule has 88 valence electrons. The van der Waals surface area contributed by atoms with Gasteiger partial charge in [-0.2, -0.15) is 0 Å². The molecule has 1 aliphatic rings. The van der Waals surface area contributed by atoms with Crippen LogP contribution in [0.4, 0.5) is 0 Å². The topological polar surface area (TPSA) is 17.8 Å². The summed E-state index contributed by atoms with van der Waals surface area (Å²) in [5.74, 6) is 0. The molecule has 1 aromatic heterocycles. The van der Waals surface area contributed by atoms with Crippen LogP contribution in [0, 0.1) is 0 Å². The summed E-state index contributed by atoms with van der Waals surface area (Å²) in [5, 5.41) is 1.64. The molecule has 0 bridgehead atoms. The Morgan fingerprint density at radius 3 is 2.67 bits per heavy atom. The van der Waals surface area contributed by atoms with E-state index in [0.29, 0.717) is 5.25 Å². The standard InChI is InChI=1S/C15H12N2S/c1-2-6-11(7-3-1)14-10-17-13-9-5-4-8-12(13)16-15(17)18-14/h1-9,14H,10H2. The molecule has 2 aromatic carbocycles. The monoisotopic (exact) mass is 252 g/mol. The highest BCUT2D eigenvalue weighted by Gasteiger charge is 2.26. The highest BCUT2D eigenvalue weighted by molar-refractivity contribution is 7.99. The van der Waals surface area contributed by atoms with Gasteiger partial charge in [-0.05, 0) is 17.7 Å². The van der Waals surface area contributed by atoms with Gasteiger partial charge in [-0.25, -0.2) is 4.98 Å². The molecule has 0 N–H and O–H groups in total. The van der Waals surface area contributed by atoms with Gasteiger partial charge in [-0.1, -0.05) is 54.2 Å². The molecule has 0 spiro atoms. The molecule has 2 heterocycles. The van der Waals surface area contributed by atoms with Gasteiger partial charge >= 0.3 is 0 Å². The Balaban J connectivity index is 1.76. The van der Waals surface area contributed by atoms with Crippen LogP contribution in [0.15, 0.2) is 59.8 Å². The lowest BCUT2D eigenvalue weighted by Crippen LogP contribution is -1.98. The number of nitrogens with zero attached hydrogens (tertiary/aromatic N) is 2. The lowest BCUT2D eigenvalue weighted by atomic mass is 10.1. The van der Waals surface area contributed by atoms with E-state index >= 15 is 0 Å². The van der Waals surface area contributed by atoms with Crippen molar-refractivity contribution in [1.82, 2.24) is 9.55 Å². The zero-order valence-corrected chi connectivity index (χ0v) is 10.6. The largest absolute Gasteiger partial charge is 0.317 e. The molecule has 0 saturated heterocycles. The normalized spacial score (nSPS) is 18.1. The van der Waals surface area contributed by atoms with Gasteiger partial charge in [0.25, 0.3) is 0 Å². The molecular weight excluding hydrogens is 240 g/mol. The maximum atomic E-state index is 4.69. The van der Waals surface area contributed by atoms with E-state index in [1.54, 1.807) is 0 Å². The Morgan fingerprint density at radius 1 is 1.00 bits per heavy atom. The van der Waals surface area contributed by atoms with Crippen LogP contribution in [0.25, 0.3) is 11.0 Å². The maximum absolute atomic E-state index is 4.69. The first-order valence-electron chi connectivity index (χ1n) is 6.09. The van der Waals surface area contributed by atoms with E-state index in [2.05, 4.69) is 53.1 Å². The Bertz CT molecular complexity index is 703. The van der Waals surface area contributed by atoms with Crippen molar-refractivity contribution >= 4 is 22.8 Å². The minimum Gasteiger partial charge on any atom is -0.317 e. The van der Waals surface area contributed by atoms with Crippen LogP contribution >= 0.6 is 11.8 Å². The molecule has 0 radical (unpaired) electrons. The fraction of sp³-hybridized carbons (Fsp3) is 0.133. The van der Waals surface area contributed by atoms with Crippen molar-refractivity contribution in [2.45, 2.75) is 17.0 Å². The van der Waals surface area contributed by atoms with Crippen molar-refractivity contribution in [3.63, 3.8) is 0 Å². The SMILES string of the molecule is c1ccc(C2Cn3c(nc4ccccc43)S2)cc1. The Hall–Kier alpha value is -1.74. The fourth-order valence-corrected chi connectivity index (χ4v) is 3.71. The van der Waals surface area contributed by atoms with Crippen LogP contribution in [0.1, 0.15) is 10.8 Å². The lowest BCUT2D eigenvalue weighted by Gasteiger charge is -2.08. The predicted octanol–water partition coefficient (Wildman–Crippen LogP) is 3.88. The molecule has 2 nitrogen and oxygen atoms in total. The highest BCUT2D eigenvalue weighted by Crippen LogP contribution is 2.43. The number of hydrogen-bond donors (Lipinski definition) is 0. The second-order valence-corrected chi connectivity index (χ2v) is 5.68. The summed E-state index contributed by atoms with van der Waals surface area (Å²) in [5.41, 5.74) is 3.74. The van der Waals surface area contributed by atoms with Crippen molar-refractivity contribution in [1.29, 1.82) is 0 Å². The fourth-order valence-electron chi connectivity index (χ4n) is 2.49. The summed E-state index contributed by atoms with van der Waals surface area (Å²) < 4.78 is 2.33. The summed E-state index contributed by atoms with van der Waals surface area (Å²) in [6, 6.07) is 19.0. The van der Waals surface area contributed by atoms with E-state index in [1.807, 2.05) is 17.8 Å². The van der Waals surface area contributed by atoms with Crippen molar-refractivity contribution in [3.8, 4) is 0 Å². The zero-order chi connectivity index (χ0) is 11.9. The van der Waals surface area contributed by atoms with E-state index in [0.717, 1.165) is 17.2 Å². The van der Waals surface area contributed by atoms with Crippen LogP contribution in [-0.2, 0) is 6.54 Å². The van der Waals surface area contributed by atoms with E-state index in [4.69, 9.17) is 4.98 Å². The second kappa shape index (κ2) is 3.89. The molecular formula is C15H12N2S. The summed E-state index contributed by atoms with van der Waals surface area (Å²) >= 11 is 1.87. The number of benzene rings is 2. The van der Waals surface area contributed by atoms with Crippen molar-refractivity contribution in [2.75, 3.05) is 0 Å². The van der Waals surface area contributed by atoms with Gasteiger partial charge in [0.05, 0.1) is 16.3 Å². The third-order valence-corrected chi connectivity index (χ3v) is 4.62. The van der Waals surface area contributed by atoms with Crippen LogP contribution in [0.5, 0.6) is 0 Å². The van der Waals surface area contributed by atoms with Crippen LogP contribution in [0.2, 0.25) is 0 Å². The van der Waals surface area contributed by atoms with Gasteiger partial charge in [-0.3, -0.25) is 0 Å². The van der Waals surface area contributed by atoms with Crippen molar-refractivity contribution in [2.24, 2.45) is 0 Å². The number of aromatic nitrogens is 2. The molecule has 18 heavy (non-hydrogen) atoms. The summed E-state index contributed by atoms with van der Waals surface area (Å²) in [7, 11) is 0. The molecule has 0 amide bonds. The lowest BCUT2D eigenvalue weighted by molar-refractivity contribution is 0.683. The van der Waals surface area contributed by atoms with Crippen LogP contribution < -0.4 is 0 Å². The van der Waals surface area contributed by atoms with Gasteiger partial charge in [0.1, 0.15) is 0 Å². The molecule has 3 heteroatoms. The number of fused-ring (bicyclic) bond motifs is 3. The second-order valence-electron chi connectivity index (χ2n) is 4.51. The number of thioether (sulfide) groups is 1. The molecule has 0 aliphatic carbocycles. The third kappa shape index (κ3) is 1.47. The molecule has 0 fully saturated rings. The molecule has 1 unspecified atom stereocenters. The number of para-hydroxylation sites is 2. The van der Waals surface area contributed by atoms with E-state index in [9.17, 15) is 0 Å².